The molecule has 3 N–H and O–H groups in total. The molecule has 0 spiro atoms. The van der Waals surface area contributed by atoms with Gasteiger partial charge in [-0.05, 0) is 56.5 Å². The van der Waals surface area contributed by atoms with Crippen LogP contribution in [-0.4, -0.2) is 37.0 Å². The third-order valence-electron chi connectivity index (χ3n) is 4.48. The van der Waals surface area contributed by atoms with Gasteiger partial charge in [0.2, 0.25) is 0 Å². The van der Waals surface area contributed by atoms with Crippen molar-refractivity contribution in [1.29, 1.82) is 0 Å². The molecule has 0 aromatic heterocycles. The molecule has 2 aliphatic rings. The summed E-state index contributed by atoms with van der Waals surface area (Å²) in [5.74, 6) is 0.500. The highest BCUT2D eigenvalue weighted by atomic mass is 35.5. The Balaban J connectivity index is 1.71. The van der Waals surface area contributed by atoms with Gasteiger partial charge in [-0.1, -0.05) is 17.7 Å². The fraction of sp³-hybridized carbons (Fsp3) is 0.562. The van der Waals surface area contributed by atoms with Crippen LogP contribution in [0, 0.1) is 11.7 Å². The van der Waals surface area contributed by atoms with E-state index < -0.39 is 0 Å². The molecule has 1 aliphatic carbocycles. The highest BCUT2D eigenvalue weighted by Gasteiger charge is 2.33. The van der Waals surface area contributed by atoms with Gasteiger partial charge in [-0.2, -0.15) is 0 Å². The maximum absolute atomic E-state index is 13.7. The quantitative estimate of drug-likeness (QED) is 0.661. The first-order chi connectivity index (χ1) is 10.5. The van der Waals surface area contributed by atoms with Crippen molar-refractivity contribution in [3.8, 4) is 0 Å². The van der Waals surface area contributed by atoms with Crippen LogP contribution in [0.4, 0.5) is 4.39 Å². The number of aliphatic imine (C=N–C) groups is 1. The van der Waals surface area contributed by atoms with Gasteiger partial charge in [0.25, 0.3) is 0 Å². The number of benzene rings is 1. The zero-order chi connectivity index (χ0) is 15.7. The molecule has 3 rings (SSSR count). The number of guanidine groups is 1. The number of nitrogens with one attached hydrogen (secondary N) is 1. The summed E-state index contributed by atoms with van der Waals surface area (Å²) in [5, 5.41) is 3.36. The molecule has 1 saturated carbocycles. The molecule has 1 aromatic rings. The van der Waals surface area contributed by atoms with Gasteiger partial charge >= 0.3 is 0 Å². The van der Waals surface area contributed by atoms with E-state index in [9.17, 15) is 4.39 Å². The maximum Gasteiger partial charge on any atom is 0.188 e. The molecule has 4 nitrogen and oxygen atoms in total. The molecule has 1 heterocycles. The lowest BCUT2D eigenvalue weighted by atomic mass is 9.94. The van der Waals surface area contributed by atoms with Gasteiger partial charge in [-0.25, -0.2) is 4.39 Å². The predicted molar refractivity (Wildman–Crippen MR) is 87.5 cm³/mol. The minimum absolute atomic E-state index is 0.157. The zero-order valence-electron chi connectivity index (χ0n) is 12.7. The Morgan fingerprint density at radius 3 is 2.91 bits per heavy atom. The van der Waals surface area contributed by atoms with Crippen molar-refractivity contribution >= 4 is 17.6 Å². The van der Waals surface area contributed by atoms with Crippen molar-refractivity contribution in [2.24, 2.45) is 16.6 Å². The Morgan fingerprint density at radius 2 is 2.23 bits per heavy atom. The molecule has 1 saturated heterocycles. The average Bonchev–Trinajstić information content (AvgIpc) is 3.21. The van der Waals surface area contributed by atoms with E-state index >= 15 is 0 Å². The lowest BCUT2D eigenvalue weighted by Gasteiger charge is -2.25. The SMILES string of the molecule is CN1CCC(CN=C(N)NC2CC2)C1c1ccc(Cl)c(F)c1. The normalized spacial score (nSPS) is 26.4. The van der Waals surface area contributed by atoms with Crippen molar-refractivity contribution in [2.45, 2.75) is 31.3 Å². The van der Waals surface area contributed by atoms with Gasteiger partial charge < -0.3 is 11.1 Å². The van der Waals surface area contributed by atoms with Gasteiger partial charge in [-0.15, -0.1) is 0 Å². The van der Waals surface area contributed by atoms with Crippen molar-refractivity contribution < 1.29 is 4.39 Å². The second-order valence-electron chi connectivity index (χ2n) is 6.29. The van der Waals surface area contributed by atoms with Gasteiger partial charge in [-0.3, -0.25) is 9.89 Å². The fourth-order valence-corrected chi connectivity index (χ4v) is 3.26. The lowest BCUT2D eigenvalue weighted by Crippen LogP contribution is -2.34. The van der Waals surface area contributed by atoms with Crippen LogP contribution < -0.4 is 11.1 Å². The number of hydrogen-bond acceptors (Lipinski definition) is 2. The van der Waals surface area contributed by atoms with Crippen molar-refractivity contribution in [3.63, 3.8) is 0 Å². The number of rotatable bonds is 4. The van der Waals surface area contributed by atoms with Crippen LogP contribution in [0.2, 0.25) is 5.02 Å². The zero-order valence-corrected chi connectivity index (χ0v) is 13.5. The third-order valence-corrected chi connectivity index (χ3v) is 4.79. The summed E-state index contributed by atoms with van der Waals surface area (Å²) < 4.78 is 13.7. The topological polar surface area (TPSA) is 53.6 Å². The Hall–Kier alpha value is -1.33. The van der Waals surface area contributed by atoms with Gasteiger partial charge in [0.05, 0.1) is 5.02 Å². The predicted octanol–water partition coefficient (Wildman–Crippen LogP) is 2.54. The molecular formula is C16H22ClFN4. The molecule has 2 unspecified atom stereocenters. The molecule has 22 heavy (non-hydrogen) atoms. The smallest absolute Gasteiger partial charge is 0.188 e. The molecule has 0 amide bonds. The summed E-state index contributed by atoms with van der Waals surface area (Å²) in [5.41, 5.74) is 6.86. The first kappa shape index (κ1) is 15.6. The van der Waals surface area contributed by atoms with Crippen LogP contribution >= 0.6 is 11.6 Å². The van der Waals surface area contributed by atoms with Gasteiger partial charge in [0.15, 0.2) is 5.96 Å². The van der Waals surface area contributed by atoms with Crippen LogP contribution in [0.5, 0.6) is 0 Å². The van der Waals surface area contributed by atoms with Gasteiger partial charge in [0.1, 0.15) is 5.82 Å². The van der Waals surface area contributed by atoms with Crippen LogP contribution in [0.25, 0.3) is 0 Å². The van der Waals surface area contributed by atoms with E-state index in [0.29, 0.717) is 24.5 Å². The van der Waals surface area contributed by atoms with E-state index in [1.54, 1.807) is 6.07 Å². The highest BCUT2D eigenvalue weighted by molar-refractivity contribution is 6.30. The lowest BCUT2D eigenvalue weighted by molar-refractivity contribution is 0.279. The maximum atomic E-state index is 13.7. The van der Waals surface area contributed by atoms with E-state index in [0.717, 1.165) is 18.5 Å². The summed E-state index contributed by atoms with van der Waals surface area (Å²) in [7, 11) is 2.06. The molecular weight excluding hydrogens is 303 g/mol. The number of likely N-dealkylation sites (tertiary alicyclic amines) is 1. The Morgan fingerprint density at radius 1 is 1.45 bits per heavy atom. The standard InChI is InChI=1S/C16H22ClFN4/c1-22-7-6-11(9-20-16(19)21-12-3-4-12)15(22)10-2-5-13(17)14(18)8-10/h2,5,8,11-12,15H,3-4,6-7,9H2,1H3,(H3,19,20,21). The molecule has 1 aliphatic heterocycles. The minimum atomic E-state index is -0.364. The van der Waals surface area contributed by atoms with E-state index in [-0.39, 0.29) is 16.9 Å². The van der Waals surface area contributed by atoms with Crippen molar-refractivity contribution in [1.82, 2.24) is 10.2 Å². The molecule has 2 fully saturated rings. The summed E-state index contributed by atoms with van der Waals surface area (Å²) in [4.78, 5) is 6.72. The summed E-state index contributed by atoms with van der Waals surface area (Å²) >= 11 is 5.78. The minimum Gasteiger partial charge on any atom is -0.370 e. The Bertz CT molecular complexity index is 573. The first-order valence-corrected chi connectivity index (χ1v) is 8.14. The Labute approximate surface area is 135 Å². The van der Waals surface area contributed by atoms with E-state index in [1.165, 1.54) is 18.9 Å². The summed E-state index contributed by atoms with van der Waals surface area (Å²) in [6.45, 7) is 1.63. The van der Waals surface area contributed by atoms with Crippen LogP contribution in [0.1, 0.15) is 30.9 Å². The first-order valence-electron chi connectivity index (χ1n) is 7.76. The molecule has 0 radical (unpaired) electrons. The monoisotopic (exact) mass is 324 g/mol. The van der Waals surface area contributed by atoms with E-state index in [4.69, 9.17) is 17.3 Å². The molecule has 2 atom stereocenters. The number of hydrogen-bond donors (Lipinski definition) is 2. The van der Waals surface area contributed by atoms with Gasteiger partial charge in [0, 0.05) is 18.6 Å². The van der Waals surface area contributed by atoms with E-state index in [2.05, 4.69) is 22.3 Å². The number of halogens is 2. The third kappa shape index (κ3) is 3.52. The molecule has 120 valence electrons. The van der Waals surface area contributed by atoms with Crippen LogP contribution in [0.3, 0.4) is 0 Å². The van der Waals surface area contributed by atoms with Crippen molar-refractivity contribution in [2.75, 3.05) is 20.1 Å². The van der Waals surface area contributed by atoms with Crippen LogP contribution in [-0.2, 0) is 0 Å². The van der Waals surface area contributed by atoms with Crippen LogP contribution in [0.15, 0.2) is 23.2 Å². The molecule has 0 bridgehead atoms. The van der Waals surface area contributed by atoms with Crippen molar-refractivity contribution in [3.05, 3.63) is 34.6 Å². The molecule has 1 aromatic carbocycles. The largest absolute Gasteiger partial charge is 0.370 e. The average molecular weight is 325 g/mol. The summed E-state index contributed by atoms with van der Waals surface area (Å²) in [6.07, 6.45) is 3.38. The summed E-state index contributed by atoms with van der Waals surface area (Å²) in [6, 6.07) is 5.74. The van der Waals surface area contributed by atoms with E-state index in [1.807, 2.05) is 6.07 Å². The number of nitrogens with two attached hydrogens (primary N) is 1. The molecule has 6 heteroatoms. The number of nitrogens with zero attached hydrogens (tertiary/aromatic N) is 2. The second kappa shape index (κ2) is 6.42. The Kier molecular flexibility index (Phi) is 4.54. The second-order valence-corrected chi connectivity index (χ2v) is 6.70. The fourth-order valence-electron chi connectivity index (χ4n) is 3.14. The highest BCUT2D eigenvalue weighted by Crippen LogP contribution is 2.37.